The van der Waals surface area contributed by atoms with Crippen molar-refractivity contribution in [3.63, 3.8) is 0 Å². The molecule has 0 atom stereocenters. The van der Waals surface area contributed by atoms with Gasteiger partial charge in [0.05, 0.1) is 30.4 Å². The highest BCUT2D eigenvalue weighted by molar-refractivity contribution is 5.71. The quantitative estimate of drug-likeness (QED) is 0.512. The topological polar surface area (TPSA) is 97.1 Å². The van der Waals surface area contributed by atoms with Crippen LogP contribution in [0.2, 0.25) is 0 Å². The average molecular weight is 418 g/mol. The molecule has 2 aliphatic rings. The van der Waals surface area contributed by atoms with E-state index in [0.717, 1.165) is 0 Å². The highest BCUT2D eigenvalue weighted by Crippen LogP contribution is 2.34. The molecule has 2 aliphatic heterocycles. The Morgan fingerprint density at radius 2 is 1.83 bits per heavy atom. The number of likely N-dealkylation sites (N-methyl/N-ethyl adjacent to an activating group) is 1. The van der Waals surface area contributed by atoms with E-state index in [1.807, 2.05) is 9.80 Å². The minimum atomic E-state index is -0.458. The van der Waals surface area contributed by atoms with Gasteiger partial charge in [0.25, 0.3) is 0 Å². The standard InChI is InChI=1S/C19H23FN6O4/c1-23(12-16-29-10-11-30-16)18-17(26(27)28)19(22-13-21-18)25-8-6-24(7-9-25)15-5-3-2-4-14(15)20/h2-5,13,16H,6-12H2,1H3. The summed E-state index contributed by atoms with van der Waals surface area (Å²) in [6, 6.07) is 6.61. The molecule has 10 nitrogen and oxygen atoms in total. The highest BCUT2D eigenvalue weighted by atomic mass is 19.1. The smallest absolute Gasteiger partial charge is 0.353 e. The van der Waals surface area contributed by atoms with Crippen molar-refractivity contribution in [3.8, 4) is 0 Å². The molecule has 0 saturated carbocycles. The van der Waals surface area contributed by atoms with E-state index >= 15 is 0 Å². The van der Waals surface area contributed by atoms with Crippen molar-refractivity contribution in [2.75, 3.05) is 67.7 Å². The molecule has 0 N–H and O–H groups in total. The van der Waals surface area contributed by atoms with Gasteiger partial charge in [-0.05, 0) is 12.1 Å². The van der Waals surface area contributed by atoms with Gasteiger partial charge in [0, 0.05) is 33.2 Å². The first-order valence-corrected chi connectivity index (χ1v) is 9.72. The normalized spacial score (nSPS) is 17.4. The SMILES string of the molecule is CN(CC1OCCO1)c1ncnc(N2CCN(c3ccccc3F)CC2)c1[N+](=O)[O-]. The zero-order chi connectivity index (χ0) is 21.1. The van der Waals surface area contributed by atoms with Crippen molar-refractivity contribution >= 4 is 23.0 Å². The minimum absolute atomic E-state index is 0.155. The third-order valence-corrected chi connectivity index (χ3v) is 5.21. The van der Waals surface area contributed by atoms with Gasteiger partial charge in [0.2, 0.25) is 11.6 Å². The number of hydrogen-bond donors (Lipinski definition) is 0. The first-order valence-electron chi connectivity index (χ1n) is 9.72. The van der Waals surface area contributed by atoms with Gasteiger partial charge in [-0.15, -0.1) is 0 Å². The largest absolute Gasteiger partial charge is 0.366 e. The van der Waals surface area contributed by atoms with E-state index < -0.39 is 11.2 Å². The fourth-order valence-electron chi connectivity index (χ4n) is 3.72. The van der Waals surface area contributed by atoms with Gasteiger partial charge < -0.3 is 24.2 Å². The summed E-state index contributed by atoms with van der Waals surface area (Å²) in [4.78, 5) is 25.2. The summed E-state index contributed by atoms with van der Waals surface area (Å²) in [6.07, 6.45) is 0.880. The Labute approximate surface area is 173 Å². The van der Waals surface area contributed by atoms with E-state index in [2.05, 4.69) is 9.97 Å². The van der Waals surface area contributed by atoms with Crippen LogP contribution in [0.4, 0.5) is 27.4 Å². The van der Waals surface area contributed by atoms with Crippen LogP contribution in [-0.2, 0) is 9.47 Å². The molecule has 30 heavy (non-hydrogen) atoms. The Balaban J connectivity index is 1.53. The van der Waals surface area contributed by atoms with E-state index in [9.17, 15) is 14.5 Å². The van der Waals surface area contributed by atoms with Crippen LogP contribution in [0.25, 0.3) is 0 Å². The van der Waals surface area contributed by atoms with Gasteiger partial charge >= 0.3 is 5.69 Å². The van der Waals surface area contributed by atoms with Gasteiger partial charge in [0.15, 0.2) is 6.29 Å². The second-order valence-electron chi connectivity index (χ2n) is 7.10. The maximum Gasteiger partial charge on any atom is 0.353 e. The van der Waals surface area contributed by atoms with Crippen molar-refractivity contribution in [2.45, 2.75) is 6.29 Å². The Hall–Kier alpha value is -3.05. The monoisotopic (exact) mass is 418 g/mol. The predicted octanol–water partition coefficient (Wildman–Crippen LogP) is 1.66. The number of para-hydroxylation sites is 1. The summed E-state index contributed by atoms with van der Waals surface area (Å²) in [5, 5.41) is 11.9. The zero-order valence-electron chi connectivity index (χ0n) is 16.6. The second kappa shape index (κ2) is 8.76. The molecule has 0 unspecified atom stereocenters. The molecule has 2 saturated heterocycles. The molecule has 0 aliphatic carbocycles. The molecular weight excluding hydrogens is 395 g/mol. The molecule has 2 aromatic rings. The molecule has 1 aromatic carbocycles. The lowest BCUT2D eigenvalue weighted by molar-refractivity contribution is -0.383. The van der Waals surface area contributed by atoms with Crippen LogP contribution >= 0.6 is 0 Å². The number of benzene rings is 1. The van der Waals surface area contributed by atoms with E-state index in [0.29, 0.717) is 51.6 Å². The third kappa shape index (κ3) is 4.12. The van der Waals surface area contributed by atoms with Crippen LogP contribution in [0.5, 0.6) is 0 Å². The Morgan fingerprint density at radius 1 is 1.17 bits per heavy atom. The number of ether oxygens (including phenoxy) is 2. The van der Waals surface area contributed by atoms with Crippen LogP contribution in [0.1, 0.15) is 0 Å². The lowest BCUT2D eigenvalue weighted by Crippen LogP contribution is -2.47. The Morgan fingerprint density at radius 3 is 2.50 bits per heavy atom. The van der Waals surface area contributed by atoms with E-state index in [4.69, 9.17) is 9.47 Å². The van der Waals surface area contributed by atoms with Gasteiger partial charge in [-0.1, -0.05) is 12.1 Å². The second-order valence-corrected chi connectivity index (χ2v) is 7.10. The molecule has 0 amide bonds. The van der Waals surface area contributed by atoms with Crippen LogP contribution in [-0.4, -0.2) is 74.2 Å². The summed E-state index contributed by atoms with van der Waals surface area (Å²) in [7, 11) is 1.71. The van der Waals surface area contributed by atoms with Crippen LogP contribution in [0.3, 0.4) is 0 Å². The number of nitrogens with zero attached hydrogens (tertiary/aromatic N) is 6. The first kappa shape index (κ1) is 20.2. The summed E-state index contributed by atoms with van der Waals surface area (Å²) >= 11 is 0. The number of halogens is 1. The molecule has 2 fully saturated rings. The summed E-state index contributed by atoms with van der Waals surface area (Å²) in [5.41, 5.74) is 0.378. The van der Waals surface area contributed by atoms with Crippen molar-refractivity contribution in [1.82, 2.24) is 9.97 Å². The summed E-state index contributed by atoms with van der Waals surface area (Å²) < 4.78 is 24.9. The number of aromatic nitrogens is 2. The predicted molar refractivity (Wildman–Crippen MR) is 108 cm³/mol. The fourth-order valence-corrected chi connectivity index (χ4v) is 3.72. The van der Waals surface area contributed by atoms with Crippen molar-refractivity contribution in [3.05, 3.63) is 46.5 Å². The van der Waals surface area contributed by atoms with Gasteiger partial charge in [-0.2, -0.15) is 0 Å². The van der Waals surface area contributed by atoms with Crippen molar-refractivity contribution < 1.29 is 18.8 Å². The summed E-state index contributed by atoms with van der Waals surface area (Å²) in [5.74, 6) is 0.193. The lowest BCUT2D eigenvalue weighted by atomic mass is 10.2. The van der Waals surface area contributed by atoms with Crippen LogP contribution < -0.4 is 14.7 Å². The van der Waals surface area contributed by atoms with Gasteiger partial charge in [0.1, 0.15) is 12.1 Å². The lowest BCUT2D eigenvalue weighted by Gasteiger charge is -2.36. The molecular formula is C19H23FN6O4. The van der Waals surface area contributed by atoms with Crippen molar-refractivity contribution in [2.24, 2.45) is 0 Å². The van der Waals surface area contributed by atoms with E-state index in [1.54, 1.807) is 30.1 Å². The Kier molecular flexibility index (Phi) is 5.91. The van der Waals surface area contributed by atoms with Gasteiger partial charge in [-0.3, -0.25) is 10.1 Å². The number of hydrogen-bond acceptors (Lipinski definition) is 9. The van der Waals surface area contributed by atoms with E-state index in [1.165, 1.54) is 12.4 Å². The molecule has 1 aromatic heterocycles. The third-order valence-electron chi connectivity index (χ3n) is 5.21. The number of rotatable bonds is 6. The summed E-state index contributed by atoms with van der Waals surface area (Å²) in [6.45, 7) is 3.32. The molecule has 0 bridgehead atoms. The maximum absolute atomic E-state index is 14.1. The fraction of sp³-hybridized carbons (Fsp3) is 0.474. The van der Waals surface area contributed by atoms with Gasteiger partial charge in [-0.25, -0.2) is 14.4 Å². The number of nitro groups is 1. The molecule has 3 heterocycles. The number of piperazine rings is 1. The Bertz CT molecular complexity index is 902. The maximum atomic E-state index is 14.1. The molecule has 11 heteroatoms. The van der Waals surface area contributed by atoms with Crippen molar-refractivity contribution in [1.29, 1.82) is 0 Å². The van der Waals surface area contributed by atoms with E-state index in [-0.39, 0.29) is 23.1 Å². The number of anilines is 3. The minimum Gasteiger partial charge on any atom is -0.366 e. The average Bonchev–Trinajstić information content (AvgIpc) is 3.26. The van der Waals surface area contributed by atoms with Crippen LogP contribution in [0.15, 0.2) is 30.6 Å². The molecule has 0 spiro atoms. The highest BCUT2D eigenvalue weighted by Gasteiger charge is 2.32. The van der Waals surface area contributed by atoms with Crippen LogP contribution in [0, 0.1) is 15.9 Å². The first-order chi connectivity index (χ1) is 14.5. The zero-order valence-corrected chi connectivity index (χ0v) is 16.6. The molecule has 160 valence electrons. The molecule has 0 radical (unpaired) electrons. The molecule has 4 rings (SSSR count).